The highest BCUT2D eigenvalue weighted by atomic mass is 16.5. The monoisotopic (exact) mass is 463 g/mol. The first-order valence-electron chi connectivity index (χ1n) is 12.3. The number of carbonyl (C=O) groups is 3. The van der Waals surface area contributed by atoms with Crippen LogP contribution in [0.25, 0.3) is 0 Å². The van der Waals surface area contributed by atoms with Gasteiger partial charge in [-0.25, -0.2) is 0 Å². The highest BCUT2D eigenvalue weighted by Crippen LogP contribution is 2.45. The van der Waals surface area contributed by atoms with Crippen molar-refractivity contribution in [3.63, 3.8) is 0 Å². The van der Waals surface area contributed by atoms with Crippen molar-refractivity contribution in [2.75, 3.05) is 0 Å². The third kappa shape index (κ3) is 7.98. The second kappa shape index (κ2) is 12.4. The molecule has 3 N–H and O–H groups in total. The molecule has 0 radical (unpaired) electrons. The zero-order valence-electron chi connectivity index (χ0n) is 20.7. The van der Waals surface area contributed by atoms with Crippen LogP contribution in [0.15, 0.2) is 23.8 Å². The molecular formula is C26H41NO6. The zero-order chi connectivity index (χ0) is 24.7. The van der Waals surface area contributed by atoms with Crippen molar-refractivity contribution >= 4 is 17.8 Å². The van der Waals surface area contributed by atoms with E-state index in [0.29, 0.717) is 24.2 Å². The lowest BCUT2D eigenvalue weighted by Gasteiger charge is -2.43. The minimum absolute atomic E-state index is 0.0854. The first-order valence-corrected chi connectivity index (χ1v) is 12.3. The summed E-state index contributed by atoms with van der Waals surface area (Å²) < 4.78 is 11.5. The fourth-order valence-corrected chi connectivity index (χ4v) is 5.07. The number of nitrogens with two attached hydrogens (primary N) is 1. The van der Waals surface area contributed by atoms with E-state index in [1.807, 2.05) is 13.8 Å². The van der Waals surface area contributed by atoms with Gasteiger partial charge >= 0.3 is 11.9 Å². The van der Waals surface area contributed by atoms with Crippen molar-refractivity contribution in [3.05, 3.63) is 23.8 Å². The Morgan fingerprint density at radius 1 is 1.27 bits per heavy atom. The summed E-state index contributed by atoms with van der Waals surface area (Å²) in [4.78, 5) is 33.4. The van der Waals surface area contributed by atoms with Gasteiger partial charge in [0.15, 0.2) is 0 Å². The molecule has 1 aliphatic heterocycles. The number of aliphatic hydroxyl groups excluding tert-OH is 1. The van der Waals surface area contributed by atoms with Gasteiger partial charge in [0.1, 0.15) is 12.2 Å². The minimum atomic E-state index is -0.597. The van der Waals surface area contributed by atoms with Gasteiger partial charge in [0.2, 0.25) is 5.91 Å². The van der Waals surface area contributed by atoms with Gasteiger partial charge in [0, 0.05) is 19.3 Å². The molecule has 0 spiro atoms. The normalized spacial score (nSPS) is 34.1. The van der Waals surface area contributed by atoms with Gasteiger partial charge in [-0.3, -0.25) is 14.4 Å². The summed E-state index contributed by atoms with van der Waals surface area (Å²) in [6.45, 7) is 9.63. The average molecular weight is 464 g/mol. The van der Waals surface area contributed by atoms with Gasteiger partial charge in [-0.15, -0.1) is 0 Å². The molecule has 0 unspecified atom stereocenters. The van der Waals surface area contributed by atoms with E-state index >= 15 is 0 Å². The van der Waals surface area contributed by atoms with E-state index in [1.54, 1.807) is 0 Å². The minimum Gasteiger partial charge on any atom is -0.462 e. The number of fused-ring (bicyclic) bond motifs is 1. The highest BCUT2D eigenvalue weighted by molar-refractivity contribution is 5.72. The van der Waals surface area contributed by atoms with Gasteiger partial charge in [0.25, 0.3) is 0 Å². The number of cyclic esters (lactones) is 1. The Morgan fingerprint density at radius 2 is 1.94 bits per heavy atom. The topological polar surface area (TPSA) is 116 Å². The van der Waals surface area contributed by atoms with Crippen LogP contribution in [0.2, 0.25) is 0 Å². The second-order valence-corrected chi connectivity index (χ2v) is 9.97. The summed E-state index contributed by atoms with van der Waals surface area (Å²) in [5, 5.41) is 9.89. The van der Waals surface area contributed by atoms with E-state index in [2.05, 4.69) is 37.8 Å². The average Bonchev–Trinajstić information content (AvgIpc) is 2.71. The molecule has 33 heavy (non-hydrogen) atoms. The van der Waals surface area contributed by atoms with E-state index < -0.39 is 6.10 Å². The summed E-state index contributed by atoms with van der Waals surface area (Å²) in [5.74, 6) is 0.421. The van der Waals surface area contributed by atoms with Crippen LogP contribution in [0.1, 0.15) is 73.1 Å². The van der Waals surface area contributed by atoms with E-state index in [-0.39, 0.29) is 48.3 Å². The molecule has 0 aromatic carbocycles. The molecule has 1 fully saturated rings. The van der Waals surface area contributed by atoms with Crippen LogP contribution >= 0.6 is 0 Å². The molecule has 1 saturated heterocycles. The van der Waals surface area contributed by atoms with Crippen LogP contribution in [0.5, 0.6) is 0 Å². The smallest absolute Gasteiger partial charge is 0.308 e. The third-order valence-corrected chi connectivity index (χ3v) is 6.93. The van der Waals surface area contributed by atoms with Crippen molar-refractivity contribution in [2.45, 2.75) is 91.5 Å². The van der Waals surface area contributed by atoms with Crippen molar-refractivity contribution in [2.24, 2.45) is 35.3 Å². The van der Waals surface area contributed by atoms with E-state index in [1.165, 1.54) is 12.5 Å². The Morgan fingerprint density at radius 3 is 2.55 bits per heavy atom. The number of ether oxygens (including phenoxy) is 2. The first kappa shape index (κ1) is 27.1. The fraction of sp³-hybridized carbons (Fsp3) is 0.731. The fourth-order valence-electron chi connectivity index (χ4n) is 5.07. The Hall–Kier alpha value is -2.15. The van der Waals surface area contributed by atoms with Crippen LogP contribution in [-0.2, 0) is 23.9 Å². The summed E-state index contributed by atoms with van der Waals surface area (Å²) in [6, 6.07) is 0. The number of esters is 2. The molecule has 1 heterocycles. The predicted octanol–water partition coefficient (Wildman–Crippen LogP) is 3.69. The van der Waals surface area contributed by atoms with Crippen molar-refractivity contribution in [3.8, 4) is 0 Å². The Bertz CT molecular complexity index is 756. The molecule has 2 aliphatic carbocycles. The lowest BCUT2D eigenvalue weighted by molar-refractivity contribution is -0.162. The van der Waals surface area contributed by atoms with Crippen LogP contribution in [0.4, 0.5) is 0 Å². The third-order valence-electron chi connectivity index (χ3n) is 6.93. The second-order valence-electron chi connectivity index (χ2n) is 9.97. The molecule has 3 rings (SSSR count). The number of rotatable bonds is 6. The molecule has 186 valence electrons. The lowest BCUT2D eigenvalue weighted by Crippen LogP contribution is -2.42. The molecule has 7 nitrogen and oxygen atoms in total. The number of aliphatic hydroxyl groups is 1. The maximum Gasteiger partial charge on any atom is 0.308 e. The Labute approximate surface area is 197 Å². The van der Waals surface area contributed by atoms with Crippen molar-refractivity contribution in [1.82, 2.24) is 0 Å². The lowest BCUT2D eigenvalue weighted by atomic mass is 9.65. The zero-order valence-corrected chi connectivity index (χ0v) is 20.7. The van der Waals surface area contributed by atoms with E-state index in [9.17, 15) is 19.5 Å². The first-order chi connectivity index (χ1) is 15.5. The molecule has 0 saturated carbocycles. The van der Waals surface area contributed by atoms with Gasteiger partial charge in [-0.2, -0.15) is 0 Å². The molecule has 1 amide bonds. The predicted molar refractivity (Wildman–Crippen MR) is 126 cm³/mol. The van der Waals surface area contributed by atoms with Gasteiger partial charge in [-0.05, 0) is 49.0 Å². The van der Waals surface area contributed by atoms with E-state index in [0.717, 1.165) is 25.7 Å². The number of primary amides is 1. The van der Waals surface area contributed by atoms with Crippen LogP contribution in [0.3, 0.4) is 0 Å². The van der Waals surface area contributed by atoms with Gasteiger partial charge in [-0.1, -0.05) is 45.9 Å². The van der Waals surface area contributed by atoms with Gasteiger partial charge in [0.05, 0.1) is 18.4 Å². The molecule has 8 atom stereocenters. The molecular weight excluding hydrogens is 422 g/mol. The van der Waals surface area contributed by atoms with Crippen LogP contribution in [-0.4, -0.2) is 41.3 Å². The van der Waals surface area contributed by atoms with Crippen molar-refractivity contribution in [1.29, 1.82) is 0 Å². The Kier molecular flexibility index (Phi) is 10.1. The SMILES string of the molecule is CC(N)=O.CC[C@H](C)C(=O)O[C@H]1C[C@@H](C)C=C2C=C[C@H](C)[C@H](CC[C@H]3C[C@@H](O)CC(=O)O3)[C@H]21. The summed E-state index contributed by atoms with van der Waals surface area (Å²) >= 11 is 0. The summed E-state index contributed by atoms with van der Waals surface area (Å²) in [5.41, 5.74) is 5.74. The summed E-state index contributed by atoms with van der Waals surface area (Å²) in [7, 11) is 0. The van der Waals surface area contributed by atoms with E-state index in [4.69, 9.17) is 9.47 Å². The highest BCUT2D eigenvalue weighted by Gasteiger charge is 2.42. The quantitative estimate of drug-likeness (QED) is 0.581. The maximum absolute atomic E-state index is 12.5. The van der Waals surface area contributed by atoms with Crippen molar-refractivity contribution < 1.29 is 29.0 Å². The molecule has 7 heteroatoms. The summed E-state index contributed by atoms with van der Waals surface area (Å²) in [6.07, 6.45) is 9.70. The van der Waals surface area contributed by atoms with Crippen LogP contribution in [0, 0.1) is 29.6 Å². The number of hydrogen-bond donors (Lipinski definition) is 2. The molecule has 0 aromatic rings. The maximum atomic E-state index is 12.5. The number of allylic oxidation sites excluding steroid dienone is 3. The number of carbonyl (C=O) groups excluding carboxylic acids is 3. The van der Waals surface area contributed by atoms with Crippen LogP contribution < -0.4 is 5.73 Å². The molecule has 0 bridgehead atoms. The molecule has 3 aliphatic rings. The molecule has 0 aromatic heterocycles. The standard InChI is InChI=1S/C24H36O5.C2H5NO/c1-5-15(3)24(27)29-21-11-14(2)10-17-7-6-16(4)20(23(17)21)9-8-19-12-18(25)13-22(26)28-19;1-2(3)4/h6-7,10,14-16,18-21,23,25H,5,8-9,11-13H2,1-4H3;1H3,(H2,3,4)/t14-,15-,16-,18+,19-,20-,21-,23-;/m0./s1. The number of hydrogen-bond acceptors (Lipinski definition) is 6. The van der Waals surface area contributed by atoms with Gasteiger partial charge < -0.3 is 20.3 Å². The largest absolute Gasteiger partial charge is 0.462 e. The Balaban J connectivity index is 0.000000890. The number of amides is 1.